The number of benzene rings is 2. The lowest BCUT2D eigenvalue weighted by Crippen LogP contribution is -2.27. The summed E-state index contributed by atoms with van der Waals surface area (Å²) < 4.78 is 3.80. The summed E-state index contributed by atoms with van der Waals surface area (Å²) in [5.74, 6) is 2.69. The third-order valence-electron chi connectivity index (χ3n) is 6.52. The minimum atomic E-state index is -0.205. The molecule has 0 radical (unpaired) electrons. The van der Waals surface area contributed by atoms with E-state index in [1.54, 1.807) is 4.68 Å². The fourth-order valence-corrected chi connectivity index (χ4v) is 5.46. The van der Waals surface area contributed by atoms with Gasteiger partial charge >= 0.3 is 0 Å². The van der Waals surface area contributed by atoms with E-state index in [9.17, 15) is 4.79 Å². The van der Waals surface area contributed by atoms with E-state index < -0.39 is 0 Å². The maximum absolute atomic E-state index is 13.3. The first-order chi connectivity index (χ1) is 17.9. The molecule has 3 heterocycles. The van der Waals surface area contributed by atoms with E-state index in [4.69, 9.17) is 4.98 Å². The first-order valence-electron chi connectivity index (χ1n) is 12.2. The highest BCUT2D eigenvalue weighted by molar-refractivity contribution is 7.97. The van der Waals surface area contributed by atoms with E-state index in [0.29, 0.717) is 5.56 Å². The highest BCUT2D eigenvalue weighted by atomic mass is 32.2. The van der Waals surface area contributed by atoms with Gasteiger partial charge in [-0.2, -0.15) is 5.10 Å². The number of rotatable bonds is 8. The van der Waals surface area contributed by atoms with Crippen molar-refractivity contribution in [3.05, 3.63) is 101 Å². The molecule has 2 aromatic carbocycles. The van der Waals surface area contributed by atoms with Crippen molar-refractivity contribution in [1.82, 2.24) is 29.6 Å². The van der Waals surface area contributed by atoms with Gasteiger partial charge in [-0.15, -0.1) is 11.8 Å². The van der Waals surface area contributed by atoms with Gasteiger partial charge in [0.15, 0.2) is 0 Å². The van der Waals surface area contributed by atoms with Crippen LogP contribution in [-0.2, 0) is 25.6 Å². The zero-order valence-electron chi connectivity index (χ0n) is 21.5. The number of carbonyl (C=O) groups excluding carboxylic acids is 1. The average molecular weight is 511 g/mol. The van der Waals surface area contributed by atoms with Crippen LogP contribution in [0.15, 0.2) is 73.3 Å². The molecular weight excluding hydrogens is 480 g/mol. The van der Waals surface area contributed by atoms with Crippen molar-refractivity contribution in [2.45, 2.75) is 31.4 Å². The van der Waals surface area contributed by atoms with Crippen molar-refractivity contribution >= 4 is 28.6 Å². The number of nitrogens with zero attached hydrogens (tertiary/aromatic N) is 5. The minimum absolute atomic E-state index is 0.0824. The highest BCUT2D eigenvalue weighted by Gasteiger charge is 2.18. The molecule has 1 atom stereocenters. The summed E-state index contributed by atoms with van der Waals surface area (Å²) in [6, 6.07) is 16.0. The van der Waals surface area contributed by atoms with Gasteiger partial charge in [0, 0.05) is 55.0 Å². The van der Waals surface area contributed by atoms with Crippen molar-refractivity contribution in [3.63, 3.8) is 0 Å². The van der Waals surface area contributed by atoms with Crippen LogP contribution in [0.2, 0.25) is 0 Å². The average Bonchev–Trinajstić information content (AvgIpc) is 3.51. The Hall–Kier alpha value is -3.91. The first-order valence-corrected chi connectivity index (χ1v) is 13.4. The SMILES string of the molecule is Cc1cc(CSCc2nccn2C)ccc1C(=O)N[C@H](C)c1cc(-c2cnn(C)c2)nc2ccccc12. The smallest absolute Gasteiger partial charge is 0.252 e. The van der Waals surface area contributed by atoms with Gasteiger partial charge in [0.1, 0.15) is 5.82 Å². The van der Waals surface area contributed by atoms with Gasteiger partial charge in [0.05, 0.1) is 29.2 Å². The van der Waals surface area contributed by atoms with E-state index in [1.807, 2.05) is 99.4 Å². The number of carbonyl (C=O) groups is 1. The number of hydrogen-bond donors (Lipinski definition) is 1. The van der Waals surface area contributed by atoms with Gasteiger partial charge in [-0.05, 0) is 48.7 Å². The van der Waals surface area contributed by atoms with Crippen LogP contribution < -0.4 is 5.32 Å². The predicted octanol–water partition coefficient (Wildman–Crippen LogP) is 5.60. The molecular formula is C29H30N6OS. The van der Waals surface area contributed by atoms with Gasteiger partial charge < -0.3 is 9.88 Å². The van der Waals surface area contributed by atoms with Gasteiger partial charge in [-0.3, -0.25) is 9.48 Å². The topological polar surface area (TPSA) is 77.6 Å². The fourth-order valence-electron chi connectivity index (χ4n) is 4.48. The number of pyridine rings is 1. The van der Waals surface area contributed by atoms with Crippen LogP contribution in [0.5, 0.6) is 0 Å². The Bertz CT molecular complexity index is 1570. The second-order valence-corrected chi connectivity index (χ2v) is 10.3. The Balaban J connectivity index is 1.32. The van der Waals surface area contributed by atoms with Crippen LogP contribution in [-0.4, -0.2) is 30.2 Å². The number of aryl methyl sites for hydroxylation is 3. The standard InChI is InChI=1S/C29H30N6OS/c1-19-13-21(17-37-18-28-30-11-12-34(28)3)9-10-23(19)29(36)32-20(2)25-14-27(22-15-31-35(4)16-22)33-26-8-6-5-7-24(25)26/h5-16,20H,17-18H2,1-4H3,(H,32,36)/t20-/m1/s1. The number of nitrogens with one attached hydrogen (secondary N) is 1. The van der Waals surface area contributed by atoms with Gasteiger partial charge in [-0.1, -0.05) is 30.3 Å². The maximum atomic E-state index is 13.3. The Morgan fingerprint density at radius 3 is 2.68 bits per heavy atom. The molecule has 0 saturated heterocycles. The Labute approximate surface area is 221 Å². The van der Waals surface area contributed by atoms with Gasteiger partial charge in [0.25, 0.3) is 5.91 Å². The first kappa shape index (κ1) is 24.8. The summed E-state index contributed by atoms with van der Waals surface area (Å²) in [5, 5.41) is 8.53. The summed E-state index contributed by atoms with van der Waals surface area (Å²) in [5.41, 5.74) is 6.56. The zero-order valence-corrected chi connectivity index (χ0v) is 22.3. The van der Waals surface area contributed by atoms with Crippen molar-refractivity contribution in [2.75, 3.05) is 0 Å². The van der Waals surface area contributed by atoms with E-state index in [-0.39, 0.29) is 11.9 Å². The molecule has 0 bridgehead atoms. The van der Waals surface area contributed by atoms with E-state index in [2.05, 4.69) is 33.6 Å². The van der Waals surface area contributed by atoms with Crippen LogP contribution in [0.4, 0.5) is 0 Å². The van der Waals surface area contributed by atoms with Crippen LogP contribution >= 0.6 is 11.8 Å². The zero-order chi connectivity index (χ0) is 25.9. The molecule has 0 saturated carbocycles. The summed E-state index contributed by atoms with van der Waals surface area (Å²) in [7, 11) is 3.90. The maximum Gasteiger partial charge on any atom is 0.252 e. The number of aromatic nitrogens is 5. The second kappa shape index (κ2) is 10.6. The molecule has 0 unspecified atom stereocenters. The van der Waals surface area contributed by atoms with E-state index in [0.717, 1.165) is 50.6 Å². The molecule has 0 aliphatic carbocycles. The number of amides is 1. The highest BCUT2D eigenvalue weighted by Crippen LogP contribution is 2.29. The molecule has 7 nitrogen and oxygen atoms in total. The summed E-state index contributed by atoms with van der Waals surface area (Å²) in [4.78, 5) is 22.5. The molecule has 0 spiro atoms. The Kier molecular flexibility index (Phi) is 7.10. The number of hydrogen-bond acceptors (Lipinski definition) is 5. The van der Waals surface area contributed by atoms with Crippen molar-refractivity contribution in [2.24, 2.45) is 14.1 Å². The fraction of sp³-hybridized carbons (Fsp3) is 0.241. The van der Waals surface area contributed by atoms with Crippen molar-refractivity contribution in [3.8, 4) is 11.3 Å². The normalized spacial score (nSPS) is 12.1. The lowest BCUT2D eigenvalue weighted by Gasteiger charge is -2.18. The molecule has 1 amide bonds. The third-order valence-corrected chi connectivity index (χ3v) is 7.52. The molecule has 5 rings (SSSR count). The largest absolute Gasteiger partial charge is 0.345 e. The number of imidazole rings is 1. The van der Waals surface area contributed by atoms with Crippen molar-refractivity contribution < 1.29 is 4.79 Å². The lowest BCUT2D eigenvalue weighted by atomic mass is 9.99. The molecule has 5 aromatic rings. The Morgan fingerprint density at radius 1 is 1.11 bits per heavy atom. The predicted molar refractivity (Wildman–Crippen MR) is 149 cm³/mol. The third kappa shape index (κ3) is 5.44. The van der Waals surface area contributed by atoms with Crippen LogP contribution in [0.3, 0.4) is 0 Å². The van der Waals surface area contributed by atoms with Gasteiger partial charge in [0.2, 0.25) is 0 Å². The molecule has 8 heteroatoms. The van der Waals surface area contributed by atoms with Crippen LogP contribution in [0.25, 0.3) is 22.2 Å². The Morgan fingerprint density at radius 2 is 1.95 bits per heavy atom. The molecule has 1 N–H and O–H groups in total. The van der Waals surface area contributed by atoms with Gasteiger partial charge in [-0.25, -0.2) is 9.97 Å². The molecule has 0 fully saturated rings. The summed E-state index contributed by atoms with van der Waals surface area (Å²) >= 11 is 1.82. The number of fused-ring (bicyclic) bond motifs is 1. The van der Waals surface area contributed by atoms with Crippen LogP contribution in [0.1, 0.15) is 45.8 Å². The van der Waals surface area contributed by atoms with Crippen molar-refractivity contribution in [1.29, 1.82) is 0 Å². The number of thioether (sulfide) groups is 1. The van der Waals surface area contributed by atoms with Crippen LogP contribution in [0, 0.1) is 6.92 Å². The van der Waals surface area contributed by atoms with E-state index in [1.165, 1.54) is 5.56 Å². The van der Waals surface area contributed by atoms with E-state index >= 15 is 0 Å². The minimum Gasteiger partial charge on any atom is -0.345 e. The molecule has 0 aliphatic heterocycles. The molecule has 3 aromatic heterocycles. The quantitative estimate of drug-likeness (QED) is 0.294. The lowest BCUT2D eigenvalue weighted by molar-refractivity contribution is 0.0939. The monoisotopic (exact) mass is 510 g/mol. The summed E-state index contributed by atoms with van der Waals surface area (Å²) in [6.07, 6.45) is 7.54. The molecule has 0 aliphatic rings. The number of para-hydroxylation sites is 1. The molecule has 188 valence electrons. The summed E-state index contributed by atoms with van der Waals surface area (Å²) in [6.45, 7) is 4.01. The second-order valence-electron chi connectivity index (χ2n) is 9.31. The molecule has 37 heavy (non-hydrogen) atoms.